The molecule has 5 aliphatic rings. The Morgan fingerprint density at radius 2 is 1.24 bits per heavy atom. The number of rotatable bonds is 0. The third kappa shape index (κ3) is 4.46. The topological polar surface area (TPSA) is 0 Å². The van der Waals surface area contributed by atoms with E-state index in [0.717, 1.165) is 23.7 Å². The maximum Gasteiger partial charge on any atom is -0.0196 e. The molecule has 0 N–H and O–H groups in total. The highest BCUT2D eigenvalue weighted by molar-refractivity contribution is 5.06. The lowest BCUT2D eigenvalue weighted by Gasteiger charge is -2.20. The van der Waals surface area contributed by atoms with Crippen LogP contribution in [0.1, 0.15) is 57.8 Å². The van der Waals surface area contributed by atoms with Crippen LogP contribution in [-0.4, -0.2) is 0 Å². The highest BCUT2D eigenvalue weighted by atomic mass is 14.3. The molecule has 0 aliphatic heterocycles. The van der Waals surface area contributed by atoms with Crippen LogP contribution < -0.4 is 0 Å². The van der Waals surface area contributed by atoms with E-state index >= 15 is 0 Å². The molecule has 21 heavy (non-hydrogen) atoms. The van der Waals surface area contributed by atoms with Gasteiger partial charge in [0.05, 0.1) is 0 Å². The predicted molar refractivity (Wildman–Crippen MR) is 92.1 cm³/mol. The minimum absolute atomic E-state index is 0.854. The van der Waals surface area contributed by atoms with Crippen LogP contribution >= 0.6 is 0 Å². The van der Waals surface area contributed by atoms with E-state index in [-0.39, 0.29) is 0 Å². The van der Waals surface area contributed by atoms with Gasteiger partial charge in [0.2, 0.25) is 0 Å². The smallest absolute Gasteiger partial charge is 0.0196 e. The van der Waals surface area contributed by atoms with Crippen molar-refractivity contribution < 1.29 is 0 Å². The number of fused-ring (bicyclic) bond motifs is 5. The van der Waals surface area contributed by atoms with Crippen molar-refractivity contribution in [2.75, 3.05) is 0 Å². The Labute approximate surface area is 130 Å². The van der Waals surface area contributed by atoms with Crippen LogP contribution in [0.25, 0.3) is 0 Å². The summed E-state index contributed by atoms with van der Waals surface area (Å²) >= 11 is 0. The molecule has 0 heterocycles. The molecular weight excluding hydrogens is 252 g/mol. The van der Waals surface area contributed by atoms with Crippen molar-refractivity contribution in [3.05, 3.63) is 48.6 Å². The standard InChI is InChI=1S/C11H16.C10H14/c1-4-10-6-2-7-11(5-1)9-3-8-10;1-2-5-9-7-4-8-10(9)6-3-1/h1-2,4,7,10-11H,3,5-6,8-9H2;1-2,4,8-10H,3,5-7H2/b4-1-,7-2+;. The fourth-order valence-corrected chi connectivity index (χ4v) is 4.16. The van der Waals surface area contributed by atoms with Gasteiger partial charge in [-0.25, -0.2) is 0 Å². The first kappa shape index (κ1) is 14.9. The highest BCUT2D eigenvalue weighted by Crippen LogP contribution is 2.33. The molecule has 0 saturated carbocycles. The second-order valence-electron chi connectivity index (χ2n) is 7.15. The first-order valence-corrected chi connectivity index (χ1v) is 9.07. The van der Waals surface area contributed by atoms with Gasteiger partial charge in [0.25, 0.3) is 0 Å². The van der Waals surface area contributed by atoms with Gasteiger partial charge in [-0.3, -0.25) is 0 Å². The molecule has 2 bridgehead atoms. The van der Waals surface area contributed by atoms with E-state index in [4.69, 9.17) is 0 Å². The second-order valence-corrected chi connectivity index (χ2v) is 7.15. The first-order chi connectivity index (χ1) is 10.4. The average Bonchev–Trinajstić information content (AvgIpc) is 2.74. The predicted octanol–water partition coefficient (Wildman–Crippen LogP) is 6.23. The SMILES string of the molecule is C1=CCC2CC=CC2CC1.C1=C\C2C/C=C/C(C/1)CCC2. The monoisotopic (exact) mass is 282 g/mol. The largest absolute Gasteiger partial charge is 0.0885 e. The van der Waals surface area contributed by atoms with Gasteiger partial charge in [-0.2, -0.15) is 0 Å². The third-order valence-corrected chi connectivity index (χ3v) is 5.54. The van der Waals surface area contributed by atoms with Gasteiger partial charge < -0.3 is 0 Å². The van der Waals surface area contributed by atoms with Gasteiger partial charge in [0.15, 0.2) is 0 Å². The van der Waals surface area contributed by atoms with Crippen LogP contribution in [0.15, 0.2) is 48.6 Å². The quantitative estimate of drug-likeness (QED) is 0.462. The van der Waals surface area contributed by atoms with Crippen molar-refractivity contribution in [1.82, 2.24) is 0 Å². The van der Waals surface area contributed by atoms with E-state index in [0.29, 0.717) is 0 Å². The third-order valence-electron chi connectivity index (χ3n) is 5.54. The number of allylic oxidation sites excluding steroid dienone is 8. The van der Waals surface area contributed by atoms with E-state index in [1.807, 2.05) is 0 Å². The van der Waals surface area contributed by atoms with Crippen molar-refractivity contribution in [3.63, 3.8) is 0 Å². The summed E-state index contributed by atoms with van der Waals surface area (Å²) in [5, 5.41) is 0. The van der Waals surface area contributed by atoms with Crippen LogP contribution in [0.5, 0.6) is 0 Å². The lowest BCUT2D eigenvalue weighted by molar-refractivity contribution is 0.417. The molecule has 0 aromatic heterocycles. The number of hydrogen-bond acceptors (Lipinski definition) is 0. The zero-order chi connectivity index (χ0) is 14.3. The molecule has 5 aliphatic carbocycles. The molecule has 0 aromatic rings. The van der Waals surface area contributed by atoms with E-state index in [9.17, 15) is 0 Å². The van der Waals surface area contributed by atoms with Crippen LogP contribution in [0, 0.1) is 23.7 Å². The summed E-state index contributed by atoms with van der Waals surface area (Å²) < 4.78 is 0. The Kier molecular flexibility index (Phi) is 5.54. The van der Waals surface area contributed by atoms with Gasteiger partial charge >= 0.3 is 0 Å². The minimum Gasteiger partial charge on any atom is -0.0885 e. The molecule has 0 fully saturated rings. The fraction of sp³-hybridized carbons (Fsp3) is 0.619. The minimum atomic E-state index is 0.854. The Balaban J connectivity index is 0.000000126. The van der Waals surface area contributed by atoms with Crippen molar-refractivity contribution in [2.24, 2.45) is 23.7 Å². The van der Waals surface area contributed by atoms with Crippen LogP contribution in [0.2, 0.25) is 0 Å². The van der Waals surface area contributed by atoms with Crippen molar-refractivity contribution in [1.29, 1.82) is 0 Å². The Hall–Kier alpha value is -1.04. The molecule has 0 nitrogen and oxygen atoms in total. The normalized spacial score (nSPS) is 40.0. The van der Waals surface area contributed by atoms with Crippen molar-refractivity contribution in [3.8, 4) is 0 Å². The van der Waals surface area contributed by atoms with Gasteiger partial charge in [-0.15, -0.1) is 0 Å². The van der Waals surface area contributed by atoms with Crippen LogP contribution in [-0.2, 0) is 0 Å². The average molecular weight is 282 g/mol. The van der Waals surface area contributed by atoms with Crippen molar-refractivity contribution in [2.45, 2.75) is 57.8 Å². The van der Waals surface area contributed by atoms with E-state index < -0.39 is 0 Å². The van der Waals surface area contributed by atoms with Gasteiger partial charge in [-0.05, 0) is 75.0 Å². The second kappa shape index (κ2) is 7.82. The summed E-state index contributed by atoms with van der Waals surface area (Å²) in [7, 11) is 0. The molecule has 0 aromatic carbocycles. The molecule has 0 saturated heterocycles. The first-order valence-electron chi connectivity index (χ1n) is 9.07. The molecule has 0 heteroatoms. The molecule has 4 unspecified atom stereocenters. The van der Waals surface area contributed by atoms with Crippen LogP contribution in [0.4, 0.5) is 0 Å². The summed E-state index contributed by atoms with van der Waals surface area (Å²) in [6.07, 6.45) is 31.3. The Bertz CT molecular complexity index is 403. The summed E-state index contributed by atoms with van der Waals surface area (Å²) in [6, 6.07) is 0. The maximum atomic E-state index is 2.43. The molecule has 114 valence electrons. The van der Waals surface area contributed by atoms with E-state index in [1.165, 1.54) is 57.8 Å². The summed E-state index contributed by atoms with van der Waals surface area (Å²) in [5.41, 5.74) is 0. The molecule has 5 rings (SSSR count). The lowest BCUT2D eigenvalue weighted by atomic mass is 9.85. The summed E-state index contributed by atoms with van der Waals surface area (Å²) in [6.45, 7) is 0. The van der Waals surface area contributed by atoms with E-state index in [2.05, 4.69) is 48.6 Å². The molecule has 0 spiro atoms. The Morgan fingerprint density at radius 3 is 2.00 bits per heavy atom. The van der Waals surface area contributed by atoms with E-state index in [1.54, 1.807) is 0 Å². The zero-order valence-corrected chi connectivity index (χ0v) is 13.3. The lowest BCUT2D eigenvalue weighted by Crippen LogP contribution is -2.06. The summed E-state index contributed by atoms with van der Waals surface area (Å²) in [5.74, 6) is 3.58. The molecule has 0 radical (unpaired) electrons. The van der Waals surface area contributed by atoms with Gasteiger partial charge in [0.1, 0.15) is 0 Å². The molecule has 4 atom stereocenters. The fourth-order valence-electron chi connectivity index (χ4n) is 4.16. The van der Waals surface area contributed by atoms with Crippen molar-refractivity contribution >= 4 is 0 Å². The Morgan fingerprint density at radius 1 is 0.571 bits per heavy atom. The highest BCUT2D eigenvalue weighted by Gasteiger charge is 2.21. The van der Waals surface area contributed by atoms with Crippen LogP contribution in [0.3, 0.4) is 0 Å². The van der Waals surface area contributed by atoms with Gasteiger partial charge in [0, 0.05) is 0 Å². The molecule has 0 amide bonds. The maximum absolute atomic E-state index is 2.43. The molecular formula is C21H30. The zero-order valence-electron chi connectivity index (χ0n) is 13.3. The van der Waals surface area contributed by atoms with Gasteiger partial charge in [-0.1, -0.05) is 55.0 Å². The summed E-state index contributed by atoms with van der Waals surface area (Å²) in [4.78, 5) is 0. The number of hydrogen-bond donors (Lipinski definition) is 0.